The first-order valence-electron chi connectivity index (χ1n) is 6.12. The van der Waals surface area contributed by atoms with Crippen LogP contribution in [0, 0.1) is 0 Å². The molecule has 2 aliphatic heterocycles. The van der Waals surface area contributed by atoms with Crippen molar-refractivity contribution in [3.05, 3.63) is 0 Å². The fourth-order valence-electron chi connectivity index (χ4n) is 2.21. The zero-order valence-corrected chi connectivity index (χ0v) is 9.45. The maximum Gasteiger partial charge on any atom is 0.0594 e. The molecule has 0 amide bonds. The Morgan fingerprint density at radius 2 is 1.93 bits per heavy atom. The molecule has 2 saturated heterocycles. The third-order valence-electron chi connectivity index (χ3n) is 3.24. The van der Waals surface area contributed by atoms with Gasteiger partial charge in [-0.25, -0.2) is 5.32 Å². The van der Waals surface area contributed by atoms with E-state index in [2.05, 4.69) is 15.5 Å². The van der Waals surface area contributed by atoms with Gasteiger partial charge >= 0.3 is 0 Å². The maximum atomic E-state index is 5.32. The van der Waals surface area contributed by atoms with Gasteiger partial charge in [0.15, 0.2) is 0 Å². The minimum Gasteiger partial charge on any atom is -0.379 e. The van der Waals surface area contributed by atoms with Crippen molar-refractivity contribution in [1.29, 1.82) is 0 Å². The van der Waals surface area contributed by atoms with Crippen LogP contribution in [0.25, 0.3) is 0 Å². The van der Waals surface area contributed by atoms with E-state index in [0.717, 1.165) is 52.5 Å². The zero-order valence-electron chi connectivity index (χ0n) is 9.45. The van der Waals surface area contributed by atoms with Crippen molar-refractivity contribution in [2.75, 3.05) is 52.5 Å². The molecule has 1 N–H and O–H groups in total. The van der Waals surface area contributed by atoms with Crippen LogP contribution in [-0.2, 0) is 4.74 Å². The summed E-state index contributed by atoms with van der Waals surface area (Å²) in [6, 6.07) is 0.712. The van der Waals surface area contributed by atoms with Crippen molar-refractivity contribution in [3.8, 4) is 0 Å². The molecule has 4 nitrogen and oxygen atoms in total. The van der Waals surface area contributed by atoms with Gasteiger partial charge in [0.05, 0.1) is 13.2 Å². The van der Waals surface area contributed by atoms with Crippen LogP contribution >= 0.6 is 0 Å². The molecule has 2 rings (SSSR count). The van der Waals surface area contributed by atoms with Gasteiger partial charge in [-0.3, -0.25) is 4.90 Å². The van der Waals surface area contributed by atoms with Crippen LogP contribution in [0.5, 0.6) is 0 Å². The summed E-state index contributed by atoms with van der Waals surface area (Å²) >= 11 is 0. The first-order valence-corrected chi connectivity index (χ1v) is 6.12. The van der Waals surface area contributed by atoms with Crippen LogP contribution in [0.15, 0.2) is 0 Å². The van der Waals surface area contributed by atoms with Crippen LogP contribution < -0.4 is 10.6 Å². The summed E-state index contributed by atoms with van der Waals surface area (Å²) in [6.07, 6.45) is 2.45. The molecule has 0 atom stereocenters. The first-order chi connectivity index (χ1) is 7.45. The molecule has 0 aromatic carbocycles. The predicted molar refractivity (Wildman–Crippen MR) is 60.2 cm³/mol. The van der Waals surface area contributed by atoms with Crippen LogP contribution in [0.2, 0.25) is 0 Å². The van der Waals surface area contributed by atoms with Gasteiger partial charge in [-0.2, -0.15) is 0 Å². The Balaban J connectivity index is 1.53. The summed E-state index contributed by atoms with van der Waals surface area (Å²) in [5, 5.41) is 7.98. The highest BCUT2D eigenvalue weighted by molar-refractivity contribution is 4.74. The summed E-state index contributed by atoms with van der Waals surface area (Å²) in [4.78, 5) is 2.48. The molecule has 0 unspecified atom stereocenters. The largest absolute Gasteiger partial charge is 0.379 e. The molecule has 2 aliphatic rings. The highest BCUT2D eigenvalue weighted by Crippen LogP contribution is 2.02. The number of nitrogens with one attached hydrogen (secondary N) is 1. The number of ether oxygens (including phenoxy) is 1. The Hall–Kier alpha value is -0.160. The van der Waals surface area contributed by atoms with Gasteiger partial charge in [0, 0.05) is 45.3 Å². The Kier molecular flexibility index (Phi) is 4.86. The molecule has 0 spiro atoms. The molecule has 2 heterocycles. The second-order valence-corrected chi connectivity index (χ2v) is 4.35. The average Bonchev–Trinajstić information content (AvgIpc) is 2.32. The lowest BCUT2D eigenvalue weighted by molar-refractivity contribution is 0.0380. The molecular formula is C11H22N3O. The van der Waals surface area contributed by atoms with Crippen molar-refractivity contribution in [2.45, 2.75) is 18.9 Å². The summed E-state index contributed by atoms with van der Waals surface area (Å²) in [7, 11) is 0. The van der Waals surface area contributed by atoms with Gasteiger partial charge in [-0.1, -0.05) is 0 Å². The lowest BCUT2D eigenvalue weighted by Gasteiger charge is -2.28. The lowest BCUT2D eigenvalue weighted by atomic mass is 10.1. The Morgan fingerprint density at radius 1 is 1.20 bits per heavy atom. The molecule has 2 fully saturated rings. The van der Waals surface area contributed by atoms with Gasteiger partial charge in [-0.15, -0.1) is 0 Å². The standard InChI is InChI=1S/C11H22N3O/c1-3-12-4-2-11(1)13-5-6-14-7-9-15-10-8-14/h11,13H,1-10H2. The minimum absolute atomic E-state index is 0.712. The third-order valence-corrected chi connectivity index (χ3v) is 3.24. The van der Waals surface area contributed by atoms with E-state index in [-0.39, 0.29) is 0 Å². The zero-order chi connectivity index (χ0) is 10.3. The SMILES string of the molecule is C1CC(NCCN2CCOCC2)CC[N]1. The van der Waals surface area contributed by atoms with E-state index in [1.54, 1.807) is 0 Å². The second-order valence-electron chi connectivity index (χ2n) is 4.35. The minimum atomic E-state index is 0.712. The topological polar surface area (TPSA) is 38.6 Å². The first kappa shape index (κ1) is 11.3. The van der Waals surface area contributed by atoms with Crippen LogP contribution in [0.4, 0.5) is 0 Å². The van der Waals surface area contributed by atoms with Crippen molar-refractivity contribution >= 4 is 0 Å². The monoisotopic (exact) mass is 212 g/mol. The lowest BCUT2D eigenvalue weighted by Crippen LogP contribution is -2.44. The van der Waals surface area contributed by atoms with Gasteiger partial charge in [0.25, 0.3) is 0 Å². The van der Waals surface area contributed by atoms with Crippen LogP contribution in [-0.4, -0.2) is 63.4 Å². The fraction of sp³-hybridized carbons (Fsp3) is 1.00. The molecule has 15 heavy (non-hydrogen) atoms. The second kappa shape index (κ2) is 6.43. The number of hydrogen-bond donors (Lipinski definition) is 1. The highest BCUT2D eigenvalue weighted by Gasteiger charge is 2.14. The van der Waals surface area contributed by atoms with Gasteiger partial charge < -0.3 is 10.1 Å². The van der Waals surface area contributed by atoms with Crippen molar-refractivity contribution in [1.82, 2.24) is 15.5 Å². The molecule has 0 aromatic heterocycles. The van der Waals surface area contributed by atoms with Crippen molar-refractivity contribution in [3.63, 3.8) is 0 Å². The van der Waals surface area contributed by atoms with Gasteiger partial charge in [-0.05, 0) is 12.8 Å². The van der Waals surface area contributed by atoms with Crippen LogP contribution in [0.3, 0.4) is 0 Å². The van der Waals surface area contributed by atoms with E-state index in [9.17, 15) is 0 Å². The fourth-order valence-corrected chi connectivity index (χ4v) is 2.21. The molecule has 0 bridgehead atoms. The quantitative estimate of drug-likeness (QED) is 0.694. The summed E-state index contributed by atoms with van der Waals surface area (Å²) < 4.78 is 5.32. The molecule has 87 valence electrons. The van der Waals surface area contributed by atoms with Crippen molar-refractivity contribution < 1.29 is 4.74 Å². The molecule has 0 saturated carbocycles. The van der Waals surface area contributed by atoms with E-state index in [4.69, 9.17) is 4.74 Å². The normalized spacial score (nSPS) is 25.6. The van der Waals surface area contributed by atoms with Gasteiger partial charge in [0.1, 0.15) is 0 Å². The molecule has 4 heteroatoms. The Bertz CT molecular complexity index is 147. The number of piperidine rings is 1. The van der Waals surface area contributed by atoms with Crippen LogP contribution in [0.1, 0.15) is 12.8 Å². The maximum absolute atomic E-state index is 5.32. The smallest absolute Gasteiger partial charge is 0.0594 e. The summed E-state index contributed by atoms with van der Waals surface area (Å²) in [5.74, 6) is 0. The van der Waals surface area contributed by atoms with E-state index in [1.807, 2.05) is 0 Å². The highest BCUT2D eigenvalue weighted by atomic mass is 16.5. The number of morpholine rings is 1. The molecule has 0 aliphatic carbocycles. The number of nitrogens with zero attached hydrogens (tertiary/aromatic N) is 2. The van der Waals surface area contributed by atoms with Crippen molar-refractivity contribution in [2.24, 2.45) is 0 Å². The Morgan fingerprint density at radius 3 is 2.67 bits per heavy atom. The molecular weight excluding hydrogens is 190 g/mol. The van der Waals surface area contributed by atoms with E-state index in [0.29, 0.717) is 6.04 Å². The Labute approximate surface area is 92.4 Å². The predicted octanol–water partition coefficient (Wildman–Crippen LogP) is -0.325. The van der Waals surface area contributed by atoms with Gasteiger partial charge in [0.2, 0.25) is 0 Å². The molecule has 0 aromatic rings. The third kappa shape index (κ3) is 4.07. The van der Waals surface area contributed by atoms with E-state index in [1.165, 1.54) is 12.8 Å². The summed E-state index contributed by atoms with van der Waals surface area (Å²) in [5.41, 5.74) is 0. The summed E-state index contributed by atoms with van der Waals surface area (Å²) in [6.45, 7) is 8.39. The average molecular weight is 212 g/mol. The number of hydrogen-bond acceptors (Lipinski definition) is 3. The van der Waals surface area contributed by atoms with E-state index >= 15 is 0 Å². The number of rotatable bonds is 4. The van der Waals surface area contributed by atoms with E-state index < -0.39 is 0 Å². The molecule has 1 radical (unpaired) electrons.